The first kappa shape index (κ1) is 21.3. The molecule has 0 radical (unpaired) electrons. The Morgan fingerprint density at radius 2 is 1.90 bits per heavy atom. The molecule has 0 spiro atoms. The van der Waals surface area contributed by atoms with Crippen molar-refractivity contribution < 1.29 is 44.2 Å². The molecule has 10 nitrogen and oxygen atoms in total. The van der Waals surface area contributed by atoms with Crippen LogP contribution in [0.3, 0.4) is 0 Å². The zero-order valence-corrected chi connectivity index (χ0v) is 15.7. The molecule has 0 saturated carbocycles. The van der Waals surface area contributed by atoms with E-state index in [-0.39, 0.29) is 34.8 Å². The highest BCUT2D eigenvalue weighted by molar-refractivity contribution is 5.86. The third-order valence-corrected chi connectivity index (χ3v) is 4.66. The first-order valence-corrected chi connectivity index (χ1v) is 9.27. The summed E-state index contributed by atoms with van der Waals surface area (Å²) in [6.45, 7) is 1.63. The second-order valence-electron chi connectivity index (χ2n) is 6.74. The minimum absolute atomic E-state index is 0.0115. The fraction of sp³-hybridized carbons (Fsp3) is 0.526. The number of ether oxygens (including phenoxy) is 3. The summed E-state index contributed by atoms with van der Waals surface area (Å²) < 4.78 is 21.3. The van der Waals surface area contributed by atoms with Crippen molar-refractivity contribution in [1.29, 1.82) is 0 Å². The van der Waals surface area contributed by atoms with E-state index in [1.54, 1.807) is 0 Å². The predicted octanol–water partition coefficient (Wildman–Crippen LogP) is -0.144. The molecular weight excluding hydrogens is 388 g/mol. The molecule has 0 unspecified atom stereocenters. The van der Waals surface area contributed by atoms with Gasteiger partial charge in [-0.3, -0.25) is 0 Å². The van der Waals surface area contributed by atoms with Gasteiger partial charge in [0.1, 0.15) is 35.7 Å². The number of aromatic hydroxyl groups is 1. The van der Waals surface area contributed by atoms with Gasteiger partial charge in [0, 0.05) is 6.07 Å². The normalized spacial score (nSPS) is 27.1. The number of unbranched alkanes of at least 4 members (excludes halogenated alkanes) is 1. The van der Waals surface area contributed by atoms with Crippen molar-refractivity contribution in [2.75, 3.05) is 13.2 Å². The highest BCUT2D eigenvalue weighted by atomic mass is 16.7. The quantitative estimate of drug-likeness (QED) is 0.306. The van der Waals surface area contributed by atoms with E-state index < -0.39 is 42.9 Å². The van der Waals surface area contributed by atoms with E-state index in [2.05, 4.69) is 0 Å². The Balaban J connectivity index is 1.84. The van der Waals surface area contributed by atoms with Gasteiger partial charge in [0.2, 0.25) is 12.0 Å². The lowest BCUT2D eigenvalue weighted by atomic mass is 9.99. The van der Waals surface area contributed by atoms with Crippen LogP contribution in [0.5, 0.6) is 17.2 Å². The maximum atomic E-state index is 12.1. The Bertz CT molecular complexity index is 892. The molecule has 160 valence electrons. The fourth-order valence-corrected chi connectivity index (χ4v) is 2.97. The molecule has 1 aliphatic rings. The molecule has 3 rings (SSSR count). The molecule has 5 atom stereocenters. The minimum Gasteiger partial charge on any atom is -0.504 e. The lowest BCUT2D eigenvalue weighted by Gasteiger charge is -2.39. The lowest BCUT2D eigenvalue weighted by molar-refractivity contribution is -0.277. The van der Waals surface area contributed by atoms with Gasteiger partial charge in [-0.15, -0.1) is 0 Å². The Kier molecular flexibility index (Phi) is 6.60. The second kappa shape index (κ2) is 8.97. The first-order chi connectivity index (χ1) is 13.9. The van der Waals surface area contributed by atoms with E-state index in [0.717, 1.165) is 6.42 Å². The van der Waals surface area contributed by atoms with Crippen molar-refractivity contribution >= 4 is 11.0 Å². The van der Waals surface area contributed by atoms with Crippen molar-refractivity contribution in [2.24, 2.45) is 0 Å². The topological polar surface area (TPSA) is 159 Å². The van der Waals surface area contributed by atoms with Crippen molar-refractivity contribution in [2.45, 2.75) is 50.5 Å². The third-order valence-electron chi connectivity index (χ3n) is 4.66. The van der Waals surface area contributed by atoms with Crippen molar-refractivity contribution in [3.8, 4) is 17.2 Å². The maximum absolute atomic E-state index is 12.1. The number of fused-ring (bicyclic) bond motifs is 1. The summed E-state index contributed by atoms with van der Waals surface area (Å²) in [5.41, 5.74) is -0.839. The fourth-order valence-electron chi connectivity index (χ4n) is 2.97. The van der Waals surface area contributed by atoms with Gasteiger partial charge in [-0.2, -0.15) is 0 Å². The summed E-state index contributed by atoms with van der Waals surface area (Å²) in [5, 5.41) is 49.5. The molecule has 5 N–H and O–H groups in total. The number of hydrogen-bond donors (Lipinski definition) is 5. The van der Waals surface area contributed by atoms with Crippen LogP contribution in [0.1, 0.15) is 19.8 Å². The monoisotopic (exact) mass is 412 g/mol. The molecule has 29 heavy (non-hydrogen) atoms. The van der Waals surface area contributed by atoms with Crippen LogP contribution in [0.15, 0.2) is 27.4 Å². The minimum atomic E-state index is -1.59. The van der Waals surface area contributed by atoms with Crippen LogP contribution in [0, 0.1) is 0 Å². The van der Waals surface area contributed by atoms with Gasteiger partial charge in [0.25, 0.3) is 0 Å². The van der Waals surface area contributed by atoms with Crippen LogP contribution in [-0.4, -0.2) is 69.5 Å². The molecule has 2 heterocycles. The van der Waals surface area contributed by atoms with Crippen LogP contribution in [-0.2, 0) is 4.74 Å². The van der Waals surface area contributed by atoms with E-state index in [1.807, 2.05) is 6.92 Å². The van der Waals surface area contributed by atoms with Crippen molar-refractivity contribution in [3.05, 3.63) is 28.6 Å². The zero-order valence-electron chi connectivity index (χ0n) is 15.7. The molecular formula is C19H24O10. The maximum Gasteiger partial charge on any atom is 0.383 e. The summed E-state index contributed by atoms with van der Waals surface area (Å²) in [7, 11) is 0. The van der Waals surface area contributed by atoms with E-state index in [4.69, 9.17) is 18.6 Å². The zero-order chi connectivity index (χ0) is 21.1. The summed E-state index contributed by atoms with van der Waals surface area (Å²) in [4.78, 5) is 12.1. The highest BCUT2D eigenvalue weighted by Gasteiger charge is 2.44. The number of aliphatic hydroxyl groups excluding tert-OH is 4. The van der Waals surface area contributed by atoms with Gasteiger partial charge in [-0.25, -0.2) is 4.79 Å². The number of benzene rings is 1. The molecule has 1 aromatic heterocycles. The summed E-state index contributed by atoms with van der Waals surface area (Å²) >= 11 is 0. The van der Waals surface area contributed by atoms with E-state index in [9.17, 15) is 30.3 Å². The smallest absolute Gasteiger partial charge is 0.383 e. The largest absolute Gasteiger partial charge is 0.504 e. The van der Waals surface area contributed by atoms with Crippen LogP contribution < -0.4 is 15.1 Å². The summed E-state index contributed by atoms with van der Waals surface area (Å²) in [6, 6.07) is 4.16. The molecule has 2 aromatic rings. The molecule has 0 amide bonds. The Morgan fingerprint density at radius 3 is 2.59 bits per heavy atom. The molecule has 1 fully saturated rings. The third kappa shape index (κ3) is 4.31. The van der Waals surface area contributed by atoms with Gasteiger partial charge in [-0.1, -0.05) is 13.3 Å². The van der Waals surface area contributed by atoms with Gasteiger partial charge >= 0.3 is 5.63 Å². The number of rotatable bonds is 7. The van der Waals surface area contributed by atoms with Gasteiger partial charge in [-0.05, 0) is 18.6 Å². The average Bonchev–Trinajstić information content (AvgIpc) is 2.70. The number of aliphatic hydroxyl groups is 4. The molecule has 1 aliphatic heterocycles. The van der Waals surface area contributed by atoms with E-state index in [1.165, 1.54) is 18.2 Å². The van der Waals surface area contributed by atoms with E-state index >= 15 is 0 Å². The predicted molar refractivity (Wildman–Crippen MR) is 98.9 cm³/mol. The van der Waals surface area contributed by atoms with Gasteiger partial charge in [0.05, 0.1) is 18.6 Å². The SMILES string of the molecule is CCCCOc1c(O)c2ccc(O[C@@H]3O[C@H](CO)[C@@H](O)[C@H](O)[C@H]3O)cc2oc1=O. The summed E-state index contributed by atoms with van der Waals surface area (Å²) in [6.07, 6.45) is -5.62. The van der Waals surface area contributed by atoms with Crippen molar-refractivity contribution in [1.82, 2.24) is 0 Å². The van der Waals surface area contributed by atoms with E-state index in [0.29, 0.717) is 6.42 Å². The van der Waals surface area contributed by atoms with Gasteiger partial charge in [0.15, 0.2) is 5.75 Å². The van der Waals surface area contributed by atoms with Crippen LogP contribution >= 0.6 is 0 Å². The average molecular weight is 412 g/mol. The number of hydrogen-bond acceptors (Lipinski definition) is 10. The molecule has 10 heteroatoms. The second-order valence-corrected chi connectivity index (χ2v) is 6.74. The molecule has 0 aliphatic carbocycles. The Labute approximate surface area is 165 Å². The summed E-state index contributed by atoms with van der Waals surface area (Å²) in [5.74, 6) is -0.524. The highest BCUT2D eigenvalue weighted by Crippen LogP contribution is 2.34. The Morgan fingerprint density at radius 1 is 1.14 bits per heavy atom. The van der Waals surface area contributed by atoms with Crippen LogP contribution in [0.2, 0.25) is 0 Å². The van der Waals surface area contributed by atoms with Crippen LogP contribution in [0.25, 0.3) is 11.0 Å². The lowest BCUT2D eigenvalue weighted by Crippen LogP contribution is -2.60. The Hall–Kier alpha value is -2.37. The van der Waals surface area contributed by atoms with Gasteiger partial charge < -0.3 is 44.2 Å². The molecule has 1 aromatic carbocycles. The van der Waals surface area contributed by atoms with Crippen LogP contribution in [0.4, 0.5) is 0 Å². The van der Waals surface area contributed by atoms with Crippen molar-refractivity contribution in [3.63, 3.8) is 0 Å². The molecule has 0 bridgehead atoms. The molecule has 1 saturated heterocycles. The standard InChI is InChI=1S/C19H24O10/c1-2-3-6-26-17-13(21)10-5-4-9(7-11(10)28-18(17)25)27-19-16(24)15(23)14(22)12(8-20)29-19/h4-5,7,12,14-16,19-24H,2-3,6,8H2,1H3/t12-,14-,15+,16-,19-/m1/s1. The first-order valence-electron chi connectivity index (χ1n) is 9.27.